The zero-order valence-electron chi connectivity index (χ0n) is 14.5. The van der Waals surface area contributed by atoms with Crippen LogP contribution in [0.3, 0.4) is 0 Å². The number of aryl methyl sites for hydroxylation is 2. The highest BCUT2D eigenvalue weighted by atomic mass is 35.5. The lowest BCUT2D eigenvalue weighted by atomic mass is 9.95. The zero-order chi connectivity index (χ0) is 16.2. The first kappa shape index (κ1) is 19.2. The standard InChI is InChI=1S/C19H26N2OS.ClH/c1-3-14-11-17(13(2)21-19(14)22)18-15(9-10-23-18)12-20-16-7-5-4-6-8-16;/h9-11,16,20H,3-8,12H2,1-2H3,(H,21,22);1H. The van der Waals surface area contributed by atoms with Crippen LogP contribution in [0.5, 0.6) is 0 Å². The van der Waals surface area contributed by atoms with Gasteiger partial charge >= 0.3 is 0 Å². The second kappa shape index (κ2) is 8.84. The van der Waals surface area contributed by atoms with Crippen molar-refractivity contribution in [2.24, 2.45) is 0 Å². The average molecular weight is 367 g/mol. The maximum Gasteiger partial charge on any atom is 0.251 e. The van der Waals surface area contributed by atoms with Gasteiger partial charge in [0.2, 0.25) is 0 Å². The van der Waals surface area contributed by atoms with E-state index in [1.807, 2.05) is 13.8 Å². The van der Waals surface area contributed by atoms with Crippen molar-refractivity contribution in [1.82, 2.24) is 10.3 Å². The summed E-state index contributed by atoms with van der Waals surface area (Å²) >= 11 is 1.77. The summed E-state index contributed by atoms with van der Waals surface area (Å²) in [5.74, 6) is 0. The Bertz CT molecular complexity index is 716. The summed E-state index contributed by atoms with van der Waals surface area (Å²) in [6, 6.07) is 4.95. The molecule has 0 aromatic carbocycles. The highest BCUT2D eigenvalue weighted by molar-refractivity contribution is 7.13. The molecule has 24 heavy (non-hydrogen) atoms. The fourth-order valence-corrected chi connectivity index (χ4v) is 4.44. The summed E-state index contributed by atoms with van der Waals surface area (Å²) in [7, 11) is 0. The van der Waals surface area contributed by atoms with Crippen LogP contribution in [0, 0.1) is 6.92 Å². The molecule has 2 aromatic rings. The van der Waals surface area contributed by atoms with Crippen molar-refractivity contribution in [3.63, 3.8) is 0 Å². The Balaban J connectivity index is 0.00000208. The Hall–Kier alpha value is -1.10. The Morgan fingerprint density at radius 2 is 2.00 bits per heavy atom. The minimum Gasteiger partial charge on any atom is -0.326 e. The molecule has 132 valence electrons. The first-order chi connectivity index (χ1) is 11.2. The molecule has 0 unspecified atom stereocenters. The van der Waals surface area contributed by atoms with E-state index in [4.69, 9.17) is 0 Å². The summed E-state index contributed by atoms with van der Waals surface area (Å²) in [6.45, 7) is 4.95. The summed E-state index contributed by atoms with van der Waals surface area (Å²) in [5.41, 5.74) is 4.40. The number of pyridine rings is 1. The third-order valence-corrected chi connectivity index (χ3v) is 5.86. The van der Waals surface area contributed by atoms with Gasteiger partial charge in [0.15, 0.2) is 0 Å². The molecule has 0 spiro atoms. The number of halogens is 1. The normalized spacial score (nSPS) is 15.2. The van der Waals surface area contributed by atoms with Crippen LogP contribution in [0.15, 0.2) is 22.3 Å². The third kappa shape index (κ3) is 4.29. The van der Waals surface area contributed by atoms with Crippen molar-refractivity contribution in [2.75, 3.05) is 0 Å². The van der Waals surface area contributed by atoms with Gasteiger partial charge in [0, 0.05) is 34.3 Å². The van der Waals surface area contributed by atoms with Crippen LogP contribution in [0.25, 0.3) is 10.4 Å². The quantitative estimate of drug-likeness (QED) is 0.796. The molecule has 1 aliphatic carbocycles. The van der Waals surface area contributed by atoms with E-state index in [0.717, 1.165) is 24.2 Å². The highest BCUT2D eigenvalue weighted by Crippen LogP contribution is 2.31. The van der Waals surface area contributed by atoms with E-state index in [2.05, 4.69) is 27.8 Å². The van der Waals surface area contributed by atoms with Crippen LogP contribution >= 0.6 is 23.7 Å². The van der Waals surface area contributed by atoms with Gasteiger partial charge in [0.1, 0.15) is 0 Å². The van der Waals surface area contributed by atoms with E-state index in [0.29, 0.717) is 6.04 Å². The minimum atomic E-state index is 0. The molecule has 0 radical (unpaired) electrons. The van der Waals surface area contributed by atoms with E-state index in [1.54, 1.807) is 11.3 Å². The molecule has 0 aliphatic heterocycles. The molecule has 2 aromatic heterocycles. The first-order valence-corrected chi connectivity index (χ1v) is 9.60. The molecule has 3 rings (SSSR count). The summed E-state index contributed by atoms with van der Waals surface area (Å²) < 4.78 is 0. The van der Waals surface area contributed by atoms with E-state index in [-0.39, 0.29) is 18.0 Å². The summed E-state index contributed by atoms with van der Waals surface area (Å²) in [6.07, 6.45) is 7.47. The number of thiophene rings is 1. The number of H-pyrrole nitrogens is 1. The molecule has 1 fully saturated rings. The number of hydrogen-bond donors (Lipinski definition) is 2. The first-order valence-electron chi connectivity index (χ1n) is 8.72. The molecule has 0 atom stereocenters. The van der Waals surface area contributed by atoms with Crippen LogP contribution in [0.2, 0.25) is 0 Å². The van der Waals surface area contributed by atoms with Gasteiger partial charge in [0.25, 0.3) is 5.56 Å². The Morgan fingerprint density at radius 3 is 2.71 bits per heavy atom. The van der Waals surface area contributed by atoms with Gasteiger partial charge in [-0.3, -0.25) is 4.79 Å². The predicted molar refractivity (Wildman–Crippen MR) is 105 cm³/mol. The van der Waals surface area contributed by atoms with Crippen LogP contribution < -0.4 is 10.9 Å². The molecular weight excluding hydrogens is 340 g/mol. The van der Waals surface area contributed by atoms with Crippen LogP contribution in [0.1, 0.15) is 55.8 Å². The van der Waals surface area contributed by atoms with Crippen LogP contribution in [0.4, 0.5) is 0 Å². The molecule has 0 bridgehead atoms. The summed E-state index contributed by atoms with van der Waals surface area (Å²) in [5, 5.41) is 5.88. The van der Waals surface area contributed by atoms with Crippen molar-refractivity contribution in [1.29, 1.82) is 0 Å². The molecule has 1 aliphatic rings. The van der Waals surface area contributed by atoms with Gasteiger partial charge in [-0.1, -0.05) is 26.2 Å². The maximum absolute atomic E-state index is 11.9. The molecular formula is C19H27ClN2OS. The second-order valence-corrected chi connectivity index (χ2v) is 7.42. The predicted octanol–water partition coefficient (Wildman–Crippen LogP) is 4.82. The van der Waals surface area contributed by atoms with Gasteiger partial charge in [-0.05, 0) is 49.3 Å². The Morgan fingerprint density at radius 1 is 1.25 bits per heavy atom. The van der Waals surface area contributed by atoms with Crippen LogP contribution in [-0.2, 0) is 13.0 Å². The second-order valence-electron chi connectivity index (χ2n) is 6.51. The number of aromatic amines is 1. The van der Waals surface area contributed by atoms with Gasteiger partial charge in [-0.15, -0.1) is 23.7 Å². The molecule has 0 saturated heterocycles. The van der Waals surface area contributed by atoms with Crippen molar-refractivity contribution < 1.29 is 0 Å². The molecule has 1 saturated carbocycles. The van der Waals surface area contributed by atoms with Gasteiger partial charge in [0.05, 0.1) is 0 Å². The van der Waals surface area contributed by atoms with Gasteiger partial charge in [-0.2, -0.15) is 0 Å². The molecule has 2 N–H and O–H groups in total. The van der Waals surface area contributed by atoms with Gasteiger partial charge < -0.3 is 10.3 Å². The van der Waals surface area contributed by atoms with E-state index in [9.17, 15) is 4.79 Å². The molecule has 2 heterocycles. The van der Waals surface area contributed by atoms with Crippen molar-refractivity contribution in [2.45, 2.75) is 65.0 Å². The molecule has 5 heteroatoms. The van der Waals surface area contributed by atoms with Crippen molar-refractivity contribution in [3.8, 4) is 10.4 Å². The van der Waals surface area contributed by atoms with Crippen LogP contribution in [-0.4, -0.2) is 11.0 Å². The number of hydrogen-bond acceptors (Lipinski definition) is 3. The van der Waals surface area contributed by atoms with Gasteiger partial charge in [-0.25, -0.2) is 0 Å². The summed E-state index contributed by atoms with van der Waals surface area (Å²) in [4.78, 5) is 16.2. The number of nitrogens with one attached hydrogen (secondary N) is 2. The highest BCUT2D eigenvalue weighted by Gasteiger charge is 2.15. The van der Waals surface area contributed by atoms with E-state index >= 15 is 0 Å². The molecule has 0 amide bonds. The lowest BCUT2D eigenvalue weighted by molar-refractivity contribution is 0.372. The Kier molecular flexibility index (Phi) is 7.08. The Labute approximate surface area is 154 Å². The lowest BCUT2D eigenvalue weighted by Gasteiger charge is -2.23. The number of rotatable bonds is 5. The van der Waals surface area contributed by atoms with Crippen molar-refractivity contribution >= 4 is 23.7 Å². The smallest absolute Gasteiger partial charge is 0.251 e. The van der Waals surface area contributed by atoms with Crippen molar-refractivity contribution in [3.05, 3.63) is 44.7 Å². The monoisotopic (exact) mass is 366 g/mol. The third-order valence-electron chi connectivity index (χ3n) is 4.87. The fraction of sp³-hybridized carbons (Fsp3) is 0.526. The molecule has 3 nitrogen and oxygen atoms in total. The minimum absolute atomic E-state index is 0. The average Bonchev–Trinajstić information content (AvgIpc) is 3.02. The lowest BCUT2D eigenvalue weighted by Crippen LogP contribution is -2.30. The zero-order valence-corrected chi connectivity index (χ0v) is 16.1. The maximum atomic E-state index is 11.9. The SMILES string of the molecule is CCc1cc(-c2sccc2CNC2CCCCC2)c(C)[nH]c1=O.Cl. The number of aromatic nitrogens is 1. The largest absolute Gasteiger partial charge is 0.326 e. The van der Waals surface area contributed by atoms with E-state index in [1.165, 1.54) is 48.1 Å². The van der Waals surface area contributed by atoms with E-state index < -0.39 is 0 Å². The fourth-order valence-electron chi connectivity index (χ4n) is 3.44. The topological polar surface area (TPSA) is 44.9 Å².